The molecule has 0 saturated carbocycles. The van der Waals surface area contributed by atoms with Crippen LogP contribution in [-0.4, -0.2) is 48.4 Å². The number of urea groups is 1. The summed E-state index contributed by atoms with van der Waals surface area (Å²) in [5.74, 6) is -0.403. The molecule has 1 aliphatic rings. The molecule has 14 heavy (non-hydrogen) atoms. The second kappa shape index (κ2) is 4.30. The molecule has 0 aliphatic carbocycles. The van der Waals surface area contributed by atoms with Crippen molar-refractivity contribution in [2.75, 3.05) is 20.6 Å². The summed E-state index contributed by atoms with van der Waals surface area (Å²) in [6.07, 6.45) is 2.60. The fourth-order valence-corrected chi connectivity index (χ4v) is 1.71. The Morgan fingerprint density at radius 3 is 2.50 bits per heavy atom. The van der Waals surface area contributed by atoms with Crippen LogP contribution in [-0.2, 0) is 4.79 Å². The number of piperidine rings is 1. The highest BCUT2D eigenvalue weighted by Crippen LogP contribution is 2.17. The lowest BCUT2D eigenvalue weighted by molar-refractivity contribution is -0.123. The number of hydrogen-bond acceptors (Lipinski definition) is 2. The number of nitrogens with zero attached hydrogens (tertiary/aromatic N) is 2. The molecule has 0 aromatic carbocycles. The van der Waals surface area contributed by atoms with Gasteiger partial charge < -0.3 is 15.5 Å². The predicted molar refractivity (Wildman–Crippen MR) is 52.6 cm³/mol. The number of likely N-dealkylation sites (tertiary alicyclic amines) is 1. The van der Waals surface area contributed by atoms with Crippen molar-refractivity contribution in [2.24, 2.45) is 5.73 Å². The van der Waals surface area contributed by atoms with Crippen LogP contribution in [0.2, 0.25) is 0 Å². The average molecular weight is 199 g/mol. The van der Waals surface area contributed by atoms with Gasteiger partial charge in [0.05, 0.1) is 0 Å². The van der Waals surface area contributed by atoms with Crippen molar-refractivity contribution in [2.45, 2.75) is 25.3 Å². The Morgan fingerprint density at radius 2 is 2.00 bits per heavy atom. The van der Waals surface area contributed by atoms with Crippen LogP contribution < -0.4 is 5.73 Å². The Balaban J connectivity index is 2.72. The molecule has 80 valence electrons. The zero-order chi connectivity index (χ0) is 10.7. The first-order valence-corrected chi connectivity index (χ1v) is 4.81. The topological polar surface area (TPSA) is 66.6 Å². The first-order valence-electron chi connectivity index (χ1n) is 4.81. The van der Waals surface area contributed by atoms with E-state index in [-0.39, 0.29) is 6.03 Å². The number of rotatable bonds is 1. The fourth-order valence-electron chi connectivity index (χ4n) is 1.71. The molecule has 1 unspecified atom stereocenters. The summed E-state index contributed by atoms with van der Waals surface area (Å²) >= 11 is 0. The molecule has 1 atom stereocenters. The van der Waals surface area contributed by atoms with Crippen molar-refractivity contribution in [1.82, 2.24) is 9.80 Å². The molecule has 1 fully saturated rings. The lowest BCUT2D eigenvalue weighted by Crippen LogP contribution is -2.53. The van der Waals surface area contributed by atoms with E-state index in [0.717, 1.165) is 12.8 Å². The van der Waals surface area contributed by atoms with Crippen LogP contribution in [0.1, 0.15) is 19.3 Å². The maximum absolute atomic E-state index is 11.7. The minimum Gasteiger partial charge on any atom is -0.368 e. The summed E-state index contributed by atoms with van der Waals surface area (Å²) in [7, 11) is 3.35. The summed E-state index contributed by atoms with van der Waals surface area (Å²) in [6.45, 7) is 0.630. The highest BCUT2D eigenvalue weighted by molar-refractivity contribution is 5.86. The smallest absolute Gasteiger partial charge is 0.320 e. The summed E-state index contributed by atoms with van der Waals surface area (Å²) in [6, 6.07) is -0.549. The summed E-state index contributed by atoms with van der Waals surface area (Å²) < 4.78 is 0. The molecule has 1 rings (SSSR count). The highest BCUT2D eigenvalue weighted by atomic mass is 16.2. The Bertz CT molecular complexity index is 240. The molecule has 1 saturated heterocycles. The third kappa shape index (κ3) is 2.16. The maximum atomic E-state index is 11.7. The van der Waals surface area contributed by atoms with Gasteiger partial charge in [0.15, 0.2) is 0 Å². The second-order valence-corrected chi connectivity index (χ2v) is 3.78. The molecule has 0 radical (unpaired) electrons. The molecular weight excluding hydrogens is 182 g/mol. The molecule has 2 N–H and O–H groups in total. The first kappa shape index (κ1) is 10.8. The zero-order valence-corrected chi connectivity index (χ0v) is 8.69. The molecule has 3 amide bonds. The van der Waals surface area contributed by atoms with E-state index < -0.39 is 11.9 Å². The molecule has 0 bridgehead atoms. The monoisotopic (exact) mass is 199 g/mol. The quantitative estimate of drug-likeness (QED) is 0.646. The van der Waals surface area contributed by atoms with Gasteiger partial charge in [0.25, 0.3) is 0 Å². The number of primary amides is 1. The van der Waals surface area contributed by atoms with Gasteiger partial charge >= 0.3 is 6.03 Å². The van der Waals surface area contributed by atoms with E-state index >= 15 is 0 Å². The van der Waals surface area contributed by atoms with Crippen LogP contribution in [0.3, 0.4) is 0 Å². The first-order chi connectivity index (χ1) is 6.54. The second-order valence-electron chi connectivity index (χ2n) is 3.78. The third-order valence-corrected chi connectivity index (χ3v) is 2.46. The van der Waals surface area contributed by atoms with Gasteiger partial charge in [-0.1, -0.05) is 0 Å². The van der Waals surface area contributed by atoms with Crippen LogP contribution in [0.15, 0.2) is 0 Å². The van der Waals surface area contributed by atoms with Crippen molar-refractivity contribution in [3.8, 4) is 0 Å². The number of amides is 3. The largest absolute Gasteiger partial charge is 0.368 e. The Kier molecular flexibility index (Phi) is 3.33. The number of hydrogen-bond donors (Lipinski definition) is 1. The van der Waals surface area contributed by atoms with E-state index in [0.29, 0.717) is 13.0 Å². The van der Waals surface area contributed by atoms with Gasteiger partial charge in [0.1, 0.15) is 6.04 Å². The standard InChI is InChI=1S/C9H17N3O2/c1-11(2)9(14)12-6-4-3-5-7(12)8(10)13/h7H,3-6H2,1-2H3,(H2,10,13). The van der Waals surface area contributed by atoms with Crippen molar-refractivity contribution in [3.63, 3.8) is 0 Å². The Labute approximate surface area is 83.8 Å². The third-order valence-electron chi connectivity index (χ3n) is 2.46. The van der Waals surface area contributed by atoms with Gasteiger partial charge in [-0.2, -0.15) is 0 Å². The Hall–Kier alpha value is -1.26. The molecular formula is C9H17N3O2. The molecule has 1 aliphatic heterocycles. The highest BCUT2D eigenvalue weighted by Gasteiger charge is 2.31. The molecule has 5 nitrogen and oxygen atoms in total. The summed E-state index contributed by atoms with van der Waals surface area (Å²) in [5.41, 5.74) is 5.24. The van der Waals surface area contributed by atoms with Gasteiger partial charge in [-0.05, 0) is 19.3 Å². The van der Waals surface area contributed by atoms with E-state index in [1.165, 1.54) is 4.90 Å². The van der Waals surface area contributed by atoms with E-state index in [1.807, 2.05) is 0 Å². The van der Waals surface area contributed by atoms with Crippen molar-refractivity contribution >= 4 is 11.9 Å². The maximum Gasteiger partial charge on any atom is 0.320 e. The molecule has 0 aromatic rings. The van der Waals surface area contributed by atoms with Gasteiger partial charge in [0, 0.05) is 20.6 Å². The van der Waals surface area contributed by atoms with Crippen LogP contribution >= 0.6 is 0 Å². The van der Waals surface area contributed by atoms with Gasteiger partial charge in [0.2, 0.25) is 5.91 Å². The predicted octanol–water partition coefficient (Wildman–Crippen LogP) is 0.00780. The van der Waals surface area contributed by atoms with Crippen molar-refractivity contribution < 1.29 is 9.59 Å². The normalized spacial score (nSPS) is 21.9. The number of carbonyl (C=O) groups is 2. The van der Waals surface area contributed by atoms with Crippen molar-refractivity contribution in [3.05, 3.63) is 0 Å². The minimum atomic E-state index is -0.418. The van der Waals surface area contributed by atoms with Crippen molar-refractivity contribution in [1.29, 1.82) is 0 Å². The van der Waals surface area contributed by atoms with Gasteiger partial charge in [-0.25, -0.2) is 4.79 Å². The van der Waals surface area contributed by atoms with Crippen LogP contribution in [0, 0.1) is 0 Å². The van der Waals surface area contributed by atoms with E-state index in [9.17, 15) is 9.59 Å². The molecule has 0 spiro atoms. The minimum absolute atomic E-state index is 0.131. The van der Waals surface area contributed by atoms with Crippen LogP contribution in [0.5, 0.6) is 0 Å². The fraction of sp³-hybridized carbons (Fsp3) is 0.778. The van der Waals surface area contributed by atoms with Gasteiger partial charge in [-0.3, -0.25) is 4.79 Å². The Morgan fingerprint density at radius 1 is 1.36 bits per heavy atom. The van der Waals surface area contributed by atoms with E-state index in [2.05, 4.69) is 0 Å². The molecule has 5 heteroatoms. The SMILES string of the molecule is CN(C)C(=O)N1CCCCC1C(N)=O. The number of nitrogens with two attached hydrogens (primary N) is 1. The summed E-state index contributed by atoms with van der Waals surface area (Å²) in [4.78, 5) is 25.8. The van der Waals surface area contributed by atoms with Crippen LogP contribution in [0.4, 0.5) is 4.79 Å². The van der Waals surface area contributed by atoms with E-state index in [1.54, 1.807) is 19.0 Å². The van der Waals surface area contributed by atoms with E-state index in [4.69, 9.17) is 5.73 Å². The average Bonchev–Trinajstić information content (AvgIpc) is 2.16. The van der Waals surface area contributed by atoms with Gasteiger partial charge in [-0.15, -0.1) is 0 Å². The molecule has 0 aromatic heterocycles. The lowest BCUT2D eigenvalue weighted by Gasteiger charge is -2.35. The lowest BCUT2D eigenvalue weighted by atomic mass is 10.0. The zero-order valence-electron chi connectivity index (χ0n) is 8.69. The van der Waals surface area contributed by atoms with Crippen LogP contribution in [0.25, 0.3) is 0 Å². The summed E-state index contributed by atoms with van der Waals surface area (Å²) in [5, 5.41) is 0. The molecule has 1 heterocycles. The number of carbonyl (C=O) groups excluding carboxylic acids is 2.